The molecular weight excluding hydrogens is 230 g/mol. The average Bonchev–Trinajstić information content (AvgIpc) is 2.20. The van der Waals surface area contributed by atoms with E-state index in [1.807, 2.05) is 0 Å². The molecule has 0 amide bonds. The van der Waals surface area contributed by atoms with E-state index in [2.05, 4.69) is 4.74 Å². The molecule has 0 saturated carbocycles. The minimum absolute atomic E-state index is 0.0366. The van der Waals surface area contributed by atoms with Crippen LogP contribution in [0.4, 0.5) is 8.78 Å². The molecule has 0 spiro atoms. The molecule has 0 radical (unpaired) electrons. The third-order valence-electron chi connectivity index (χ3n) is 3.13. The topological polar surface area (TPSA) is 35.5 Å². The van der Waals surface area contributed by atoms with Crippen molar-refractivity contribution in [1.82, 2.24) is 0 Å². The molecule has 1 aliphatic heterocycles. The van der Waals surface area contributed by atoms with Gasteiger partial charge in [-0.25, -0.2) is 8.78 Å². The summed E-state index contributed by atoms with van der Waals surface area (Å²) < 4.78 is 37.0. The molecule has 0 bridgehead atoms. The zero-order valence-corrected chi connectivity index (χ0v) is 9.55. The molecule has 0 aromatic heterocycles. The molecule has 1 heterocycles. The van der Waals surface area contributed by atoms with Crippen molar-refractivity contribution in [2.75, 3.05) is 20.3 Å². The van der Waals surface area contributed by atoms with E-state index in [0.29, 0.717) is 0 Å². The lowest BCUT2D eigenvalue weighted by Crippen LogP contribution is -2.52. The Morgan fingerprint density at radius 2 is 2.00 bits per heavy atom. The highest BCUT2D eigenvalue weighted by atomic mass is 19.1. The Morgan fingerprint density at radius 1 is 1.35 bits per heavy atom. The number of ether oxygens (including phenoxy) is 2. The molecule has 0 N–H and O–H groups in total. The van der Waals surface area contributed by atoms with Gasteiger partial charge in [-0.15, -0.1) is 0 Å². The van der Waals surface area contributed by atoms with Crippen LogP contribution < -0.4 is 4.74 Å². The lowest BCUT2D eigenvalue weighted by Gasteiger charge is -2.39. The number of hydrogen-bond donors (Lipinski definition) is 0. The number of methoxy groups -OCH3 is 1. The molecule has 17 heavy (non-hydrogen) atoms. The van der Waals surface area contributed by atoms with E-state index >= 15 is 0 Å². The maximum Gasteiger partial charge on any atom is 0.165 e. The van der Waals surface area contributed by atoms with Crippen LogP contribution in [0, 0.1) is 11.6 Å². The number of halogens is 2. The smallest absolute Gasteiger partial charge is 0.165 e. The minimum atomic E-state index is -1.04. The Hall–Kier alpha value is -1.49. The Balaban J connectivity index is 2.52. The van der Waals surface area contributed by atoms with Crippen LogP contribution >= 0.6 is 0 Å². The minimum Gasteiger partial charge on any atom is -0.494 e. The van der Waals surface area contributed by atoms with Crippen LogP contribution in [0.2, 0.25) is 0 Å². The van der Waals surface area contributed by atoms with Gasteiger partial charge in [-0.05, 0) is 13.0 Å². The van der Waals surface area contributed by atoms with Crippen LogP contribution in [0.1, 0.15) is 12.5 Å². The lowest BCUT2D eigenvalue weighted by atomic mass is 9.75. The molecule has 1 saturated heterocycles. The number of ketones is 1. The standard InChI is InChI=1S/C12H12F2O3/c1-7(15)12(5-17-6-12)8-3-10(14)11(16-2)4-9(8)13/h3-4H,5-6H2,1-2H3. The van der Waals surface area contributed by atoms with Gasteiger partial charge in [0, 0.05) is 11.6 Å². The van der Waals surface area contributed by atoms with E-state index in [1.54, 1.807) is 0 Å². The molecule has 3 nitrogen and oxygen atoms in total. The number of benzene rings is 1. The fourth-order valence-corrected chi connectivity index (χ4v) is 1.91. The Morgan fingerprint density at radius 3 is 2.41 bits per heavy atom. The summed E-state index contributed by atoms with van der Waals surface area (Å²) in [6.07, 6.45) is 0. The second-order valence-electron chi connectivity index (χ2n) is 4.10. The summed E-state index contributed by atoms with van der Waals surface area (Å²) in [5, 5.41) is 0. The summed E-state index contributed by atoms with van der Waals surface area (Å²) >= 11 is 0. The van der Waals surface area contributed by atoms with E-state index in [4.69, 9.17) is 4.74 Å². The van der Waals surface area contributed by atoms with Crippen molar-refractivity contribution in [3.63, 3.8) is 0 Å². The van der Waals surface area contributed by atoms with Crippen molar-refractivity contribution in [3.8, 4) is 5.75 Å². The predicted molar refractivity (Wildman–Crippen MR) is 56.1 cm³/mol. The zero-order chi connectivity index (χ0) is 12.6. The van der Waals surface area contributed by atoms with Crippen LogP contribution in [0.3, 0.4) is 0 Å². The zero-order valence-electron chi connectivity index (χ0n) is 9.55. The largest absolute Gasteiger partial charge is 0.494 e. The van der Waals surface area contributed by atoms with Gasteiger partial charge in [0.2, 0.25) is 0 Å². The first kappa shape index (κ1) is 12.0. The lowest BCUT2D eigenvalue weighted by molar-refractivity contribution is -0.140. The highest BCUT2D eigenvalue weighted by molar-refractivity contribution is 5.89. The highest BCUT2D eigenvalue weighted by Crippen LogP contribution is 2.37. The van der Waals surface area contributed by atoms with Crippen LogP contribution in [-0.4, -0.2) is 26.1 Å². The molecule has 0 atom stereocenters. The van der Waals surface area contributed by atoms with E-state index in [-0.39, 0.29) is 30.3 Å². The molecule has 1 fully saturated rings. The first-order valence-electron chi connectivity index (χ1n) is 5.13. The van der Waals surface area contributed by atoms with Gasteiger partial charge in [-0.1, -0.05) is 0 Å². The van der Waals surface area contributed by atoms with Crippen LogP contribution in [0.15, 0.2) is 12.1 Å². The van der Waals surface area contributed by atoms with Gasteiger partial charge in [-0.3, -0.25) is 4.79 Å². The second kappa shape index (κ2) is 4.07. The first-order chi connectivity index (χ1) is 8.01. The molecular formula is C12H12F2O3. The quantitative estimate of drug-likeness (QED) is 0.811. The molecule has 1 aliphatic rings. The SMILES string of the molecule is COc1cc(F)c(C2(C(C)=O)COC2)cc1F. The van der Waals surface area contributed by atoms with Gasteiger partial charge in [0.1, 0.15) is 17.0 Å². The van der Waals surface area contributed by atoms with Crippen LogP contribution in [0.5, 0.6) is 5.75 Å². The summed E-state index contributed by atoms with van der Waals surface area (Å²) in [6.45, 7) is 1.53. The Bertz CT molecular complexity index is 467. The summed E-state index contributed by atoms with van der Waals surface area (Å²) in [5.74, 6) is -1.74. The number of Topliss-reactive ketones (excluding diaryl/α,β-unsaturated/α-hetero) is 1. The third kappa shape index (κ3) is 1.70. The summed E-state index contributed by atoms with van der Waals surface area (Å²) in [4.78, 5) is 11.6. The maximum absolute atomic E-state index is 13.8. The molecule has 2 rings (SSSR count). The van der Waals surface area contributed by atoms with Crippen molar-refractivity contribution in [1.29, 1.82) is 0 Å². The van der Waals surface area contributed by atoms with Crippen LogP contribution in [-0.2, 0) is 14.9 Å². The van der Waals surface area contributed by atoms with Crippen molar-refractivity contribution in [2.24, 2.45) is 0 Å². The Kier molecular flexibility index (Phi) is 2.87. The molecule has 5 heteroatoms. The summed E-state index contributed by atoms with van der Waals surface area (Å²) in [6, 6.07) is 1.96. The van der Waals surface area contributed by atoms with Crippen LogP contribution in [0.25, 0.3) is 0 Å². The van der Waals surface area contributed by atoms with Crippen molar-refractivity contribution in [2.45, 2.75) is 12.3 Å². The fourth-order valence-electron chi connectivity index (χ4n) is 1.91. The van der Waals surface area contributed by atoms with Gasteiger partial charge in [0.15, 0.2) is 11.6 Å². The van der Waals surface area contributed by atoms with Crippen molar-refractivity contribution < 1.29 is 23.0 Å². The monoisotopic (exact) mass is 242 g/mol. The predicted octanol–water partition coefficient (Wildman–Crippen LogP) is 1.83. The third-order valence-corrected chi connectivity index (χ3v) is 3.13. The summed E-state index contributed by atoms with van der Waals surface area (Å²) in [7, 11) is 1.25. The number of carbonyl (C=O) groups excluding carboxylic acids is 1. The van der Waals surface area contributed by atoms with Gasteiger partial charge in [-0.2, -0.15) is 0 Å². The summed E-state index contributed by atoms with van der Waals surface area (Å²) in [5.41, 5.74) is -1.01. The van der Waals surface area contributed by atoms with E-state index < -0.39 is 17.0 Å². The molecule has 1 aromatic rings. The highest BCUT2D eigenvalue weighted by Gasteiger charge is 2.47. The number of rotatable bonds is 3. The van der Waals surface area contributed by atoms with Gasteiger partial charge >= 0.3 is 0 Å². The number of hydrogen-bond acceptors (Lipinski definition) is 3. The number of carbonyl (C=O) groups is 1. The van der Waals surface area contributed by atoms with Gasteiger partial charge in [0.05, 0.1) is 20.3 Å². The van der Waals surface area contributed by atoms with Gasteiger partial charge < -0.3 is 9.47 Å². The average molecular weight is 242 g/mol. The van der Waals surface area contributed by atoms with E-state index in [9.17, 15) is 13.6 Å². The van der Waals surface area contributed by atoms with Gasteiger partial charge in [0.25, 0.3) is 0 Å². The normalized spacial score (nSPS) is 17.4. The van der Waals surface area contributed by atoms with E-state index in [1.165, 1.54) is 14.0 Å². The van der Waals surface area contributed by atoms with Crippen molar-refractivity contribution in [3.05, 3.63) is 29.3 Å². The molecule has 92 valence electrons. The first-order valence-corrected chi connectivity index (χ1v) is 5.13. The van der Waals surface area contributed by atoms with Crippen molar-refractivity contribution >= 4 is 5.78 Å². The maximum atomic E-state index is 13.8. The molecule has 0 aliphatic carbocycles. The molecule has 0 unspecified atom stereocenters. The second-order valence-corrected chi connectivity index (χ2v) is 4.10. The fraction of sp³-hybridized carbons (Fsp3) is 0.417. The van der Waals surface area contributed by atoms with E-state index in [0.717, 1.165) is 12.1 Å². The molecule has 1 aromatic carbocycles. The Labute approximate surface area is 97.3 Å².